The van der Waals surface area contributed by atoms with Crippen molar-refractivity contribution in [1.82, 2.24) is 15.0 Å². The van der Waals surface area contributed by atoms with Gasteiger partial charge in [-0.1, -0.05) is 66.9 Å². The third-order valence-corrected chi connectivity index (χ3v) is 4.97. The molecule has 118 valence electrons. The predicted octanol–water partition coefficient (Wildman–Crippen LogP) is 3.72. The van der Waals surface area contributed by atoms with E-state index in [9.17, 15) is 5.11 Å². The van der Waals surface area contributed by atoms with Gasteiger partial charge in [-0.2, -0.15) is 0 Å². The molecule has 0 spiro atoms. The fraction of sp³-hybridized carbons (Fsp3) is 0.368. The summed E-state index contributed by atoms with van der Waals surface area (Å²) in [6.45, 7) is 0. The lowest BCUT2D eigenvalue weighted by Crippen LogP contribution is -2.42. The van der Waals surface area contributed by atoms with Crippen LogP contribution in [-0.4, -0.2) is 25.7 Å². The van der Waals surface area contributed by atoms with E-state index in [0.29, 0.717) is 0 Å². The van der Waals surface area contributed by atoms with E-state index in [2.05, 4.69) is 22.4 Å². The van der Waals surface area contributed by atoms with E-state index in [-0.39, 0.29) is 6.04 Å². The first kappa shape index (κ1) is 14.4. The van der Waals surface area contributed by atoms with Crippen molar-refractivity contribution in [2.75, 3.05) is 0 Å². The summed E-state index contributed by atoms with van der Waals surface area (Å²) >= 11 is 0. The van der Waals surface area contributed by atoms with Crippen LogP contribution in [0.2, 0.25) is 0 Å². The van der Waals surface area contributed by atoms with Gasteiger partial charge in [-0.05, 0) is 30.5 Å². The molecule has 0 amide bonds. The van der Waals surface area contributed by atoms with E-state index < -0.39 is 5.60 Å². The molecule has 1 aliphatic carbocycles. The second kappa shape index (κ2) is 5.78. The van der Waals surface area contributed by atoms with Crippen LogP contribution >= 0.6 is 0 Å². The van der Waals surface area contributed by atoms with Crippen LogP contribution in [0.1, 0.15) is 43.7 Å². The molecule has 0 unspecified atom stereocenters. The lowest BCUT2D eigenvalue weighted by Gasteiger charge is -2.39. The van der Waals surface area contributed by atoms with E-state index in [1.165, 1.54) is 6.42 Å². The number of hydrogen-bond donors (Lipinski definition) is 1. The Bertz CT molecular complexity index is 790. The van der Waals surface area contributed by atoms with Crippen LogP contribution < -0.4 is 0 Å². The average Bonchev–Trinajstić information content (AvgIpc) is 3.00. The lowest BCUT2D eigenvalue weighted by atomic mass is 9.77. The summed E-state index contributed by atoms with van der Waals surface area (Å²) in [5.74, 6) is 0. The highest BCUT2D eigenvalue weighted by atomic mass is 16.3. The summed E-state index contributed by atoms with van der Waals surface area (Å²) in [5, 5.41) is 20.1. The third-order valence-electron chi connectivity index (χ3n) is 4.97. The molecular formula is C19H21N3O. The molecule has 23 heavy (non-hydrogen) atoms. The average molecular weight is 307 g/mol. The highest BCUT2D eigenvalue weighted by Crippen LogP contribution is 2.41. The van der Waals surface area contributed by atoms with Gasteiger partial charge in [-0.25, -0.2) is 4.68 Å². The Balaban J connectivity index is 1.88. The Morgan fingerprint density at radius 1 is 0.913 bits per heavy atom. The summed E-state index contributed by atoms with van der Waals surface area (Å²) in [6, 6.07) is 18.0. The Morgan fingerprint density at radius 2 is 1.61 bits per heavy atom. The molecule has 1 aromatic heterocycles. The molecule has 0 bridgehead atoms. The smallest absolute Gasteiger partial charge is 0.113 e. The monoisotopic (exact) mass is 307 g/mol. The van der Waals surface area contributed by atoms with Gasteiger partial charge in [0.05, 0.1) is 11.1 Å². The zero-order valence-electron chi connectivity index (χ0n) is 13.1. The molecule has 1 heterocycles. The van der Waals surface area contributed by atoms with Crippen LogP contribution in [0, 0.1) is 0 Å². The topological polar surface area (TPSA) is 50.9 Å². The van der Waals surface area contributed by atoms with Gasteiger partial charge in [-0.15, -0.1) is 5.10 Å². The molecule has 1 saturated carbocycles. The van der Waals surface area contributed by atoms with Gasteiger partial charge in [0.15, 0.2) is 0 Å². The summed E-state index contributed by atoms with van der Waals surface area (Å²) in [6.07, 6.45) is 4.93. The molecule has 0 saturated heterocycles. The fourth-order valence-electron chi connectivity index (χ4n) is 3.83. The van der Waals surface area contributed by atoms with Crippen molar-refractivity contribution < 1.29 is 5.11 Å². The quantitative estimate of drug-likeness (QED) is 0.802. The minimum absolute atomic E-state index is 0.198. The molecular weight excluding hydrogens is 286 g/mol. The first-order valence-corrected chi connectivity index (χ1v) is 8.35. The molecule has 2 aromatic carbocycles. The standard InChI is InChI=1S/C19H21N3O/c23-19(13-7-2-8-14-19)18(15-9-3-1-4-10-15)22-17-12-6-5-11-16(17)20-21-22/h1,3-6,9-12,18,23H,2,7-8,13-14H2/t18-/m0/s1. The van der Waals surface area contributed by atoms with Crippen LogP contribution in [0.15, 0.2) is 54.6 Å². The number of benzene rings is 2. The SMILES string of the molecule is OC1([C@H](c2ccccc2)n2nnc3ccccc32)CCCCC1. The van der Waals surface area contributed by atoms with Crippen molar-refractivity contribution in [2.24, 2.45) is 0 Å². The van der Waals surface area contributed by atoms with Crippen LogP contribution in [-0.2, 0) is 0 Å². The molecule has 3 aromatic rings. The summed E-state index contributed by atoms with van der Waals surface area (Å²) in [4.78, 5) is 0. The van der Waals surface area contributed by atoms with Gasteiger partial charge in [0.1, 0.15) is 11.6 Å². The highest BCUT2D eigenvalue weighted by Gasteiger charge is 2.41. The number of hydrogen-bond acceptors (Lipinski definition) is 3. The van der Waals surface area contributed by atoms with E-state index in [1.807, 2.05) is 47.1 Å². The van der Waals surface area contributed by atoms with E-state index >= 15 is 0 Å². The maximum Gasteiger partial charge on any atom is 0.113 e. The van der Waals surface area contributed by atoms with Crippen LogP contribution in [0.25, 0.3) is 11.0 Å². The first-order chi connectivity index (χ1) is 11.3. The van der Waals surface area contributed by atoms with Gasteiger partial charge in [0.2, 0.25) is 0 Å². The Kier molecular flexibility index (Phi) is 3.62. The maximum absolute atomic E-state index is 11.4. The maximum atomic E-state index is 11.4. The van der Waals surface area contributed by atoms with Gasteiger partial charge in [0.25, 0.3) is 0 Å². The second-order valence-electron chi connectivity index (χ2n) is 6.50. The second-order valence-corrected chi connectivity index (χ2v) is 6.50. The van der Waals surface area contributed by atoms with Crippen LogP contribution in [0.5, 0.6) is 0 Å². The Morgan fingerprint density at radius 3 is 2.39 bits per heavy atom. The Labute approximate surface area is 135 Å². The molecule has 4 rings (SSSR count). The zero-order chi connectivity index (χ0) is 15.7. The first-order valence-electron chi connectivity index (χ1n) is 8.35. The number of para-hydroxylation sites is 1. The molecule has 0 aliphatic heterocycles. The highest BCUT2D eigenvalue weighted by molar-refractivity contribution is 5.74. The van der Waals surface area contributed by atoms with Crippen molar-refractivity contribution in [3.05, 3.63) is 60.2 Å². The minimum Gasteiger partial charge on any atom is -0.387 e. The summed E-state index contributed by atoms with van der Waals surface area (Å²) < 4.78 is 1.91. The largest absolute Gasteiger partial charge is 0.387 e. The van der Waals surface area contributed by atoms with Crippen LogP contribution in [0.4, 0.5) is 0 Å². The van der Waals surface area contributed by atoms with Gasteiger partial charge >= 0.3 is 0 Å². The number of aliphatic hydroxyl groups is 1. The van der Waals surface area contributed by atoms with Gasteiger partial charge in [0, 0.05) is 0 Å². The molecule has 4 heteroatoms. The van der Waals surface area contributed by atoms with Crippen LogP contribution in [0.3, 0.4) is 0 Å². The van der Waals surface area contributed by atoms with E-state index in [0.717, 1.165) is 42.3 Å². The molecule has 1 N–H and O–H groups in total. The van der Waals surface area contributed by atoms with Crippen molar-refractivity contribution in [2.45, 2.75) is 43.7 Å². The number of rotatable bonds is 3. The molecule has 4 nitrogen and oxygen atoms in total. The predicted molar refractivity (Wildman–Crippen MR) is 90.1 cm³/mol. The normalized spacial score (nSPS) is 18.8. The lowest BCUT2D eigenvalue weighted by molar-refractivity contribution is -0.0328. The number of nitrogens with zero attached hydrogens (tertiary/aromatic N) is 3. The van der Waals surface area contributed by atoms with Gasteiger partial charge < -0.3 is 5.11 Å². The summed E-state index contributed by atoms with van der Waals surface area (Å²) in [7, 11) is 0. The van der Waals surface area contributed by atoms with E-state index in [4.69, 9.17) is 0 Å². The van der Waals surface area contributed by atoms with Crippen molar-refractivity contribution in [3.8, 4) is 0 Å². The Hall–Kier alpha value is -2.20. The number of aromatic nitrogens is 3. The molecule has 1 aliphatic rings. The molecule has 0 radical (unpaired) electrons. The number of fused-ring (bicyclic) bond motifs is 1. The van der Waals surface area contributed by atoms with Crippen molar-refractivity contribution in [3.63, 3.8) is 0 Å². The van der Waals surface area contributed by atoms with E-state index in [1.54, 1.807) is 0 Å². The summed E-state index contributed by atoms with van der Waals surface area (Å²) in [5.41, 5.74) is 2.16. The van der Waals surface area contributed by atoms with Crippen molar-refractivity contribution in [1.29, 1.82) is 0 Å². The minimum atomic E-state index is -0.768. The van der Waals surface area contributed by atoms with Crippen molar-refractivity contribution >= 4 is 11.0 Å². The molecule has 1 fully saturated rings. The third kappa shape index (κ3) is 2.53. The fourth-order valence-corrected chi connectivity index (χ4v) is 3.83. The van der Waals surface area contributed by atoms with Gasteiger partial charge in [-0.3, -0.25) is 0 Å². The zero-order valence-corrected chi connectivity index (χ0v) is 13.1. The molecule has 1 atom stereocenters.